The van der Waals surface area contributed by atoms with Crippen molar-refractivity contribution < 1.29 is 4.39 Å². The summed E-state index contributed by atoms with van der Waals surface area (Å²) in [6, 6.07) is 1.82. The molecule has 0 heterocycles. The molecule has 0 spiro atoms. The first-order chi connectivity index (χ1) is 6.11. The van der Waals surface area contributed by atoms with E-state index >= 15 is 0 Å². The Hall–Kier alpha value is -1.37. The lowest BCUT2D eigenvalue weighted by Crippen LogP contribution is -1.94. The van der Waals surface area contributed by atoms with E-state index in [9.17, 15) is 4.39 Å². The van der Waals surface area contributed by atoms with Crippen LogP contribution in [0.25, 0.3) is 12.2 Å². The molecule has 0 nitrogen and oxygen atoms in total. The smallest absolute Gasteiger partial charge is 0.133 e. The summed E-state index contributed by atoms with van der Waals surface area (Å²) in [6.45, 7) is 10.9. The number of aryl methyl sites for hydroxylation is 2. The highest BCUT2D eigenvalue weighted by Gasteiger charge is 2.08. The summed E-state index contributed by atoms with van der Waals surface area (Å²) in [6.07, 6.45) is 3.20. The molecule has 0 fully saturated rings. The minimum atomic E-state index is -0.199. The monoisotopic (exact) mass is 176 g/mol. The summed E-state index contributed by atoms with van der Waals surface area (Å²) in [5, 5.41) is 0. The number of halogens is 1. The maximum Gasteiger partial charge on any atom is 0.133 e. The fraction of sp³-hybridized carbons (Fsp3) is 0.167. The minimum absolute atomic E-state index is 0.199. The van der Waals surface area contributed by atoms with Gasteiger partial charge in [0.25, 0.3) is 0 Å². The van der Waals surface area contributed by atoms with Gasteiger partial charge in [-0.3, -0.25) is 0 Å². The van der Waals surface area contributed by atoms with E-state index in [1.54, 1.807) is 13.0 Å². The molecule has 0 aliphatic rings. The Morgan fingerprint density at radius 2 is 1.62 bits per heavy atom. The Morgan fingerprint density at radius 1 is 1.08 bits per heavy atom. The van der Waals surface area contributed by atoms with Crippen molar-refractivity contribution in [2.75, 3.05) is 0 Å². The van der Waals surface area contributed by atoms with Crippen molar-refractivity contribution in [2.24, 2.45) is 0 Å². The van der Waals surface area contributed by atoms with Gasteiger partial charge in [0.05, 0.1) is 0 Å². The highest BCUT2D eigenvalue weighted by atomic mass is 19.1. The van der Waals surface area contributed by atoms with Gasteiger partial charge >= 0.3 is 0 Å². The Bertz CT molecular complexity index is 362. The standard InChI is InChI=1S/C12H13F/c1-5-10-8(3)7-9(4)12(13)11(10)6-2/h5-7H,1-2H2,3-4H3. The zero-order valence-electron chi connectivity index (χ0n) is 8.02. The molecule has 0 aliphatic heterocycles. The zero-order chi connectivity index (χ0) is 10.0. The number of rotatable bonds is 2. The largest absolute Gasteiger partial charge is 0.206 e. The van der Waals surface area contributed by atoms with Gasteiger partial charge in [0, 0.05) is 5.56 Å². The van der Waals surface area contributed by atoms with Crippen molar-refractivity contribution in [3.63, 3.8) is 0 Å². The molecule has 0 atom stereocenters. The Kier molecular flexibility index (Phi) is 2.66. The van der Waals surface area contributed by atoms with E-state index in [2.05, 4.69) is 13.2 Å². The van der Waals surface area contributed by atoms with Gasteiger partial charge in [-0.25, -0.2) is 4.39 Å². The normalized spacial score (nSPS) is 9.77. The third kappa shape index (κ3) is 1.55. The predicted molar refractivity (Wildman–Crippen MR) is 56.1 cm³/mol. The lowest BCUT2D eigenvalue weighted by molar-refractivity contribution is 0.615. The molecule has 0 N–H and O–H groups in total. The van der Waals surface area contributed by atoms with E-state index in [0.29, 0.717) is 11.1 Å². The Labute approximate surface area is 78.4 Å². The first-order valence-electron chi connectivity index (χ1n) is 4.16. The summed E-state index contributed by atoms with van der Waals surface area (Å²) in [7, 11) is 0. The van der Waals surface area contributed by atoms with Crippen LogP contribution >= 0.6 is 0 Å². The van der Waals surface area contributed by atoms with Crippen molar-refractivity contribution in [1.29, 1.82) is 0 Å². The van der Waals surface area contributed by atoms with Crippen LogP contribution in [0.4, 0.5) is 4.39 Å². The van der Waals surface area contributed by atoms with Crippen molar-refractivity contribution in [3.05, 3.63) is 47.3 Å². The molecule has 13 heavy (non-hydrogen) atoms. The molecule has 0 bridgehead atoms. The van der Waals surface area contributed by atoms with Gasteiger partial charge in [-0.15, -0.1) is 0 Å². The Balaban J connectivity index is 3.59. The molecular weight excluding hydrogens is 163 g/mol. The van der Waals surface area contributed by atoms with E-state index in [-0.39, 0.29) is 5.82 Å². The summed E-state index contributed by atoms with van der Waals surface area (Å²) >= 11 is 0. The lowest BCUT2D eigenvalue weighted by atomic mass is 9.98. The molecule has 0 amide bonds. The van der Waals surface area contributed by atoms with Crippen LogP contribution in [0.15, 0.2) is 19.2 Å². The van der Waals surface area contributed by atoms with Crippen LogP contribution in [0.3, 0.4) is 0 Å². The maximum atomic E-state index is 13.5. The van der Waals surface area contributed by atoms with Gasteiger partial charge in [-0.2, -0.15) is 0 Å². The molecule has 0 saturated heterocycles. The van der Waals surface area contributed by atoms with Crippen molar-refractivity contribution in [1.82, 2.24) is 0 Å². The van der Waals surface area contributed by atoms with Gasteiger partial charge in [-0.1, -0.05) is 31.4 Å². The molecule has 1 aromatic carbocycles. The fourth-order valence-electron chi connectivity index (χ4n) is 1.48. The molecule has 0 saturated carbocycles. The second-order valence-electron chi connectivity index (χ2n) is 3.06. The third-order valence-corrected chi connectivity index (χ3v) is 2.14. The predicted octanol–water partition coefficient (Wildman–Crippen LogP) is 3.73. The van der Waals surface area contributed by atoms with Gasteiger partial charge in [0.15, 0.2) is 0 Å². The maximum absolute atomic E-state index is 13.5. The van der Waals surface area contributed by atoms with Crippen LogP contribution in [0.1, 0.15) is 22.3 Å². The third-order valence-electron chi connectivity index (χ3n) is 2.14. The SMILES string of the molecule is C=Cc1c(C)cc(C)c(F)c1C=C. The highest BCUT2D eigenvalue weighted by Crippen LogP contribution is 2.23. The van der Waals surface area contributed by atoms with Gasteiger partial charge in [-0.05, 0) is 30.5 Å². The molecule has 1 aromatic rings. The molecule has 68 valence electrons. The second kappa shape index (κ2) is 3.56. The van der Waals surface area contributed by atoms with Crippen LogP contribution in [-0.4, -0.2) is 0 Å². The van der Waals surface area contributed by atoms with Crippen LogP contribution in [0, 0.1) is 19.7 Å². The molecule has 0 aliphatic carbocycles. The number of hydrogen-bond donors (Lipinski definition) is 0. The second-order valence-corrected chi connectivity index (χ2v) is 3.06. The quantitative estimate of drug-likeness (QED) is 0.644. The molecule has 0 aromatic heterocycles. The molecule has 1 rings (SSSR count). The Morgan fingerprint density at radius 3 is 2.08 bits per heavy atom. The zero-order valence-corrected chi connectivity index (χ0v) is 8.02. The van der Waals surface area contributed by atoms with Crippen LogP contribution in [-0.2, 0) is 0 Å². The number of benzene rings is 1. The molecule has 0 unspecified atom stereocenters. The van der Waals surface area contributed by atoms with Gasteiger partial charge in [0.2, 0.25) is 0 Å². The topological polar surface area (TPSA) is 0 Å². The summed E-state index contributed by atoms with van der Waals surface area (Å²) in [4.78, 5) is 0. The summed E-state index contributed by atoms with van der Waals surface area (Å²) < 4.78 is 13.5. The highest BCUT2D eigenvalue weighted by molar-refractivity contribution is 5.67. The van der Waals surface area contributed by atoms with E-state index in [0.717, 1.165) is 11.1 Å². The van der Waals surface area contributed by atoms with Crippen molar-refractivity contribution in [3.8, 4) is 0 Å². The van der Waals surface area contributed by atoms with Crippen molar-refractivity contribution in [2.45, 2.75) is 13.8 Å². The average molecular weight is 176 g/mol. The first kappa shape index (κ1) is 9.72. The molecule has 0 radical (unpaired) electrons. The van der Waals surface area contributed by atoms with Crippen LogP contribution in [0.2, 0.25) is 0 Å². The van der Waals surface area contributed by atoms with Crippen LogP contribution in [0.5, 0.6) is 0 Å². The first-order valence-corrected chi connectivity index (χ1v) is 4.16. The lowest BCUT2D eigenvalue weighted by Gasteiger charge is -2.09. The fourth-order valence-corrected chi connectivity index (χ4v) is 1.48. The van der Waals surface area contributed by atoms with Crippen LogP contribution < -0.4 is 0 Å². The summed E-state index contributed by atoms with van der Waals surface area (Å²) in [5.41, 5.74) is 3.06. The van der Waals surface area contributed by atoms with E-state index in [1.807, 2.05) is 13.0 Å². The molecule has 1 heteroatoms. The van der Waals surface area contributed by atoms with E-state index in [1.165, 1.54) is 6.08 Å². The summed E-state index contributed by atoms with van der Waals surface area (Å²) in [5.74, 6) is -0.199. The minimum Gasteiger partial charge on any atom is -0.206 e. The van der Waals surface area contributed by atoms with Gasteiger partial charge in [0.1, 0.15) is 5.82 Å². The number of hydrogen-bond acceptors (Lipinski definition) is 0. The van der Waals surface area contributed by atoms with E-state index < -0.39 is 0 Å². The van der Waals surface area contributed by atoms with E-state index in [4.69, 9.17) is 0 Å². The average Bonchev–Trinajstić information content (AvgIpc) is 2.10. The van der Waals surface area contributed by atoms with Gasteiger partial charge < -0.3 is 0 Å². The molecular formula is C12H13F. The van der Waals surface area contributed by atoms with Crippen molar-refractivity contribution >= 4 is 12.2 Å².